The number of hydrogen-bond donors (Lipinski definition) is 1. The first kappa shape index (κ1) is 12.3. The molecular formula is C11H15NO4. The standard InChI is InChI=1S/C11H15NO4/c1-3-15-9-6-4-5-7-10(9)16-8-11(13)12-14-2/h4-7H,3,8H2,1-2H3,(H,12,13). The molecule has 0 aliphatic heterocycles. The van der Waals surface area contributed by atoms with Gasteiger partial charge >= 0.3 is 0 Å². The molecule has 0 bridgehead atoms. The van der Waals surface area contributed by atoms with Crippen molar-refractivity contribution in [3.8, 4) is 11.5 Å². The normalized spacial score (nSPS) is 9.62. The van der Waals surface area contributed by atoms with Crippen LogP contribution in [-0.4, -0.2) is 26.2 Å². The number of para-hydroxylation sites is 2. The van der Waals surface area contributed by atoms with Crippen LogP contribution in [0.25, 0.3) is 0 Å². The molecule has 5 nitrogen and oxygen atoms in total. The Balaban J connectivity index is 2.55. The average Bonchev–Trinajstić information content (AvgIpc) is 2.29. The smallest absolute Gasteiger partial charge is 0.281 e. The van der Waals surface area contributed by atoms with Crippen molar-refractivity contribution in [2.24, 2.45) is 0 Å². The summed E-state index contributed by atoms with van der Waals surface area (Å²) in [4.78, 5) is 15.5. The number of nitrogens with one attached hydrogen (secondary N) is 1. The molecule has 88 valence electrons. The summed E-state index contributed by atoms with van der Waals surface area (Å²) in [6, 6.07) is 7.18. The summed E-state index contributed by atoms with van der Waals surface area (Å²) in [6.45, 7) is 2.32. The SMILES string of the molecule is CCOc1ccccc1OCC(=O)NOC. The molecular weight excluding hydrogens is 210 g/mol. The van der Waals surface area contributed by atoms with Gasteiger partial charge in [-0.1, -0.05) is 12.1 Å². The maximum Gasteiger partial charge on any atom is 0.281 e. The summed E-state index contributed by atoms with van der Waals surface area (Å²) in [5, 5.41) is 0. The fourth-order valence-electron chi connectivity index (χ4n) is 1.13. The van der Waals surface area contributed by atoms with Gasteiger partial charge in [0, 0.05) is 0 Å². The highest BCUT2D eigenvalue weighted by Crippen LogP contribution is 2.25. The molecule has 5 heteroatoms. The molecule has 0 saturated heterocycles. The van der Waals surface area contributed by atoms with E-state index in [-0.39, 0.29) is 12.5 Å². The molecule has 16 heavy (non-hydrogen) atoms. The Morgan fingerprint density at radius 2 is 1.88 bits per heavy atom. The zero-order chi connectivity index (χ0) is 11.8. The minimum absolute atomic E-state index is 0.113. The van der Waals surface area contributed by atoms with E-state index in [1.54, 1.807) is 12.1 Å². The van der Waals surface area contributed by atoms with Gasteiger partial charge in [-0.3, -0.25) is 9.63 Å². The molecule has 0 atom stereocenters. The van der Waals surface area contributed by atoms with Crippen molar-refractivity contribution in [3.63, 3.8) is 0 Å². The van der Waals surface area contributed by atoms with Crippen molar-refractivity contribution in [2.45, 2.75) is 6.92 Å². The lowest BCUT2D eigenvalue weighted by molar-refractivity contribution is -0.133. The zero-order valence-electron chi connectivity index (χ0n) is 9.36. The van der Waals surface area contributed by atoms with Crippen LogP contribution in [0.4, 0.5) is 0 Å². The van der Waals surface area contributed by atoms with Gasteiger partial charge in [0.1, 0.15) is 0 Å². The number of amides is 1. The van der Waals surface area contributed by atoms with Crippen LogP contribution in [0.1, 0.15) is 6.92 Å². The molecule has 0 saturated carbocycles. The van der Waals surface area contributed by atoms with Crippen LogP contribution in [0.15, 0.2) is 24.3 Å². The Morgan fingerprint density at radius 1 is 1.25 bits per heavy atom. The molecule has 1 N–H and O–H groups in total. The third kappa shape index (κ3) is 3.78. The summed E-state index contributed by atoms with van der Waals surface area (Å²) < 4.78 is 10.6. The number of ether oxygens (including phenoxy) is 2. The van der Waals surface area contributed by atoms with Gasteiger partial charge < -0.3 is 9.47 Å². The molecule has 1 aromatic rings. The topological polar surface area (TPSA) is 56.8 Å². The second-order valence-corrected chi connectivity index (χ2v) is 2.90. The molecule has 0 aromatic heterocycles. The van der Waals surface area contributed by atoms with Crippen molar-refractivity contribution in [2.75, 3.05) is 20.3 Å². The predicted octanol–water partition coefficient (Wildman–Crippen LogP) is 1.14. The molecule has 0 radical (unpaired) electrons. The lowest BCUT2D eigenvalue weighted by Gasteiger charge is -2.10. The van der Waals surface area contributed by atoms with E-state index in [0.29, 0.717) is 18.1 Å². The average molecular weight is 225 g/mol. The van der Waals surface area contributed by atoms with Gasteiger partial charge in [-0.25, -0.2) is 5.48 Å². The first-order valence-corrected chi connectivity index (χ1v) is 4.94. The van der Waals surface area contributed by atoms with Crippen LogP contribution in [0, 0.1) is 0 Å². The van der Waals surface area contributed by atoms with Gasteiger partial charge in [-0.05, 0) is 19.1 Å². The molecule has 0 aliphatic rings. The van der Waals surface area contributed by atoms with Crippen LogP contribution < -0.4 is 15.0 Å². The van der Waals surface area contributed by atoms with E-state index in [2.05, 4.69) is 10.3 Å². The van der Waals surface area contributed by atoms with Crippen LogP contribution in [0.2, 0.25) is 0 Å². The number of rotatable bonds is 6. The predicted molar refractivity (Wildman–Crippen MR) is 58.3 cm³/mol. The van der Waals surface area contributed by atoms with E-state index in [1.807, 2.05) is 19.1 Å². The van der Waals surface area contributed by atoms with Crippen LogP contribution in [-0.2, 0) is 9.63 Å². The molecule has 0 fully saturated rings. The Hall–Kier alpha value is -1.75. The third-order valence-electron chi connectivity index (χ3n) is 1.72. The van der Waals surface area contributed by atoms with Gasteiger partial charge in [0.2, 0.25) is 0 Å². The summed E-state index contributed by atoms with van der Waals surface area (Å²) in [7, 11) is 1.37. The van der Waals surface area contributed by atoms with E-state index in [0.717, 1.165) is 0 Å². The fraction of sp³-hybridized carbons (Fsp3) is 0.364. The highest BCUT2D eigenvalue weighted by atomic mass is 16.6. The lowest BCUT2D eigenvalue weighted by Crippen LogP contribution is -2.27. The summed E-state index contributed by atoms with van der Waals surface area (Å²) in [5.74, 6) is 0.805. The Bertz CT molecular complexity index is 341. The molecule has 1 amide bonds. The van der Waals surface area contributed by atoms with Crippen molar-refractivity contribution in [3.05, 3.63) is 24.3 Å². The second kappa shape index (κ2) is 6.68. The first-order chi connectivity index (χ1) is 7.77. The second-order valence-electron chi connectivity index (χ2n) is 2.90. The van der Waals surface area contributed by atoms with Crippen LogP contribution >= 0.6 is 0 Å². The number of hydrogen-bond acceptors (Lipinski definition) is 4. The minimum Gasteiger partial charge on any atom is -0.490 e. The largest absolute Gasteiger partial charge is 0.490 e. The molecule has 1 aromatic carbocycles. The highest BCUT2D eigenvalue weighted by Gasteiger charge is 2.06. The molecule has 0 heterocycles. The highest BCUT2D eigenvalue weighted by molar-refractivity contribution is 5.76. The zero-order valence-corrected chi connectivity index (χ0v) is 9.36. The van der Waals surface area contributed by atoms with Gasteiger partial charge in [-0.15, -0.1) is 0 Å². The Kier molecular flexibility index (Phi) is 5.15. The number of hydroxylamine groups is 1. The van der Waals surface area contributed by atoms with Gasteiger partial charge in [-0.2, -0.15) is 0 Å². The fourth-order valence-corrected chi connectivity index (χ4v) is 1.13. The lowest BCUT2D eigenvalue weighted by atomic mass is 10.3. The van der Waals surface area contributed by atoms with E-state index < -0.39 is 0 Å². The third-order valence-corrected chi connectivity index (χ3v) is 1.72. The monoisotopic (exact) mass is 225 g/mol. The number of carbonyl (C=O) groups excluding carboxylic acids is 1. The molecule has 0 spiro atoms. The van der Waals surface area contributed by atoms with Gasteiger partial charge in [0.15, 0.2) is 18.1 Å². The Labute approximate surface area is 94.3 Å². The van der Waals surface area contributed by atoms with E-state index in [9.17, 15) is 4.79 Å². The van der Waals surface area contributed by atoms with Crippen molar-refractivity contribution < 1.29 is 19.1 Å². The quantitative estimate of drug-likeness (QED) is 0.738. The van der Waals surface area contributed by atoms with Crippen molar-refractivity contribution >= 4 is 5.91 Å². The first-order valence-electron chi connectivity index (χ1n) is 4.94. The van der Waals surface area contributed by atoms with E-state index in [1.165, 1.54) is 7.11 Å². The van der Waals surface area contributed by atoms with Crippen LogP contribution in [0.5, 0.6) is 11.5 Å². The van der Waals surface area contributed by atoms with Crippen molar-refractivity contribution in [1.82, 2.24) is 5.48 Å². The maximum absolute atomic E-state index is 11.1. The van der Waals surface area contributed by atoms with Crippen molar-refractivity contribution in [1.29, 1.82) is 0 Å². The summed E-state index contributed by atoms with van der Waals surface area (Å²) >= 11 is 0. The molecule has 0 aliphatic carbocycles. The number of benzene rings is 1. The summed E-state index contributed by atoms with van der Waals surface area (Å²) in [6.07, 6.45) is 0. The van der Waals surface area contributed by atoms with E-state index in [4.69, 9.17) is 9.47 Å². The van der Waals surface area contributed by atoms with Gasteiger partial charge in [0.05, 0.1) is 13.7 Å². The maximum atomic E-state index is 11.1. The molecule has 0 unspecified atom stereocenters. The Morgan fingerprint density at radius 3 is 2.44 bits per heavy atom. The van der Waals surface area contributed by atoms with E-state index >= 15 is 0 Å². The minimum atomic E-state index is -0.353. The molecule has 1 rings (SSSR count). The van der Waals surface area contributed by atoms with Crippen LogP contribution in [0.3, 0.4) is 0 Å². The van der Waals surface area contributed by atoms with Gasteiger partial charge in [0.25, 0.3) is 5.91 Å². The number of carbonyl (C=O) groups is 1. The summed E-state index contributed by atoms with van der Waals surface area (Å²) in [5.41, 5.74) is 2.16.